The molecule has 1 aromatic heterocycles. The SMILES string of the molecule is O=C(CCC(=O)OC[C@@H]1CN(C(c2ccccc2)(c2ccccc2)c2ccccc2)C[C@H](n2ccc(NC(=O)c3ccccc3)nc2=O)O1)NC1CCCCCC1. The summed E-state index contributed by atoms with van der Waals surface area (Å²) in [5.41, 5.74) is 1.97. The molecule has 0 radical (unpaired) electrons. The lowest BCUT2D eigenvalue weighted by molar-refractivity contribution is -0.170. The molecule has 2 fully saturated rings. The highest BCUT2D eigenvalue weighted by molar-refractivity contribution is 6.03. The van der Waals surface area contributed by atoms with Gasteiger partial charge in [-0.3, -0.25) is 23.9 Å². The van der Waals surface area contributed by atoms with Gasteiger partial charge >= 0.3 is 11.7 Å². The molecule has 7 rings (SSSR count). The van der Waals surface area contributed by atoms with Gasteiger partial charge in [-0.05, 0) is 47.7 Å². The standard InChI is InChI=1S/C46H49N5O6/c52-41(47-38-25-15-1-2-16-26-38)27-28-43(53)56-33-39-31-50(32-42(57-39)51-30-29-40(49-45(51)55)48-44(54)34-17-7-3-8-18-34)46(35-19-9-4-10-20-35,36-21-11-5-12-22-36)37-23-13-6-14-24-37/h3-14,17-24,29-30,38-39,42H,1-2,15-16,25-28,31-33H2,(H,47,52)(H,48,49,54,55)/t39-,42+/m0/s1. The van der Waals surface area contributed by atoms with Gasteiger partial charge < -0.3 is 20.1 Å². The number of aromatic nitrogens is 2. The fraction of sp³-hybridized carbons (Fsp3) is 0.326. The number of anilines is 1. The maximum absolute atomic E-state index is 13.8. The minimum atomic E-state index is -0.859. The van der Waals surface area contributed by atoms with E-state index in [-0.39, 0.29) is 49.7 Å². The fourth-order valence-corrected chi connectivity index (χ4v) is 8.10. The molecular weight excluding hydrogens is 719 g/mol. The third-order valence-electron chi connectivity index (χ3n) is 10.8. The number of hydrogen-bond donors (Lipinski definition) is 2. The van der Waals surface area contributed by atoms with E-state index in [1.54, 1.807) is 36.5 Å². The number of ether oxygens (including phenoxy) is 2. The van der Waals surface area contributed by atoms with Gasteiger partial charge in [0.2, 0.25) is 5.91 Å². The molecule has 2 aliphatic rings. The number of esters is 1. The molecule has 2 heterocycles. The summed E-state index contributed by atoms with van der Waals surface area (Å²) in [4.78, 5) is 59.1. The van der Waals surface area contributed by atoms with Crippen LogP contribution in [0, 0.1) is 0 Å². The van der Waals surface area contributed by atoms with E-state index in [1.165, 1.54) is 17.4 Å². The van der Waals surface area contributed by atoms with Crippen LogP contribution in [0.15, 0.2) is 138 Å². The number of carbonyl (C=O) groups excluding carboxylic acids is 3. The van der Waals surface area contributed by atoms with Crippen LogP contribution >= 0.6 is 0 Å². The largest absolute Gasteiger partial charge is 0.463 e. The average Bonchev–Trinajstić information content (AvgIpc) is 3.52. The lowest BCUT2D eigenvalue weighted by atomic mass is 9.75. The molecule has 0 unspecified atom stereocenters. The predicted molar refractivity (Wildman–Crippen MR) is 217 cm³/mol. The summed E-state index contributed by atoms with van der Waals surface area (Å²) in [6, 6.07) is 41.0. The Labute approximate surface area is 333 Å². The summed E-state index contributed by atoms with van der Waals surface area (Å²) < 4.78 is 13.8. The third-order valence-corrected chi connectivity index (χ3v) is 10.8. The van der Waals surface area contributed by atoms with Crippen molar-refractivity contribution in [1.29, 1.82) is 0 Å². The predicted octanol–water partition coefficient (Wildman–Crippen LogP) is 6.85. The first-order chi connectivity index (χ1) is 27.9. The van der Waals surface area contributed by atoms with Crippen LogP contribution in [0.2, 0.25) is 0 Å². The monoisotopic (exact) mass is 767 g/mol. The van der Waals surface area contributed by atoms with Crippen LogP contribution in [0.25, 0.3) is 0 Å². The molecule has 2 amide bonds. The summed E-state index contributed by atoms with van der Waals surface area (Å²) in [6.45, 7) is 0.484. The molecule has 2 N–H and O–H groups in total. The molecule has 1 aliphatic heterocycles. The van der Waals surface area contributed by atoms with Crippen LogP contribution in [-0.4, -0.2) is 64.1 Å². The fourth-order valence-electron chi connectivity index (χ4n) is 8.10. The van der Waals surface area contributed by atoms with Gasteiger partial charge in [0.1, 0.15) is 18.5 Å². The Kier molecular flexibility index (Phi) is 13.0. The third kappa shape index (κ3) is 9.56. The summed E-state index contributed by atoms with van der Waals surface area (Å²) >= 11 is 0. The number of rotatable bonds is 13. The molecule has 5 aromatic rings. The molecule has 1 aliphatic carbocycles. The molecular formula is C46H49N5O6. The van der Waals surface area contributed by atoms with Gasteiger partial charge in [0.15, 0.2) is 6.23 Å². The first kappa shape index (κ1) is 39.3. The van der Waals surface area contributed by atoms with Crippen molar-refractivity contribution in [2.45, 2.75) is 75.3 Å². The number of hydrogen-bond acceptors (Lipinski definition) is 8. The van der Waals surface area contributed by atoms with Gasteiger partial charge in [0, 0.05) is 37.3 Å². The lowest BCUT2D eigenvalue weighted by Crippen LogP contribution is -2.58. The number of morpholine rings is 1. The van der Waals surface area contributed by atoms with Gasteiger partial charge in [-0.1, -0.05) is 135 Å². The first-order valence-electron chi connectivity index (χ1n) is 19.9. The van der Waals surface area contributed by atoms with Gasteiger partial charge in [-0.2, -0.15) is 4.98 Å². The van der Waals surface area contributed by atoms with Crippen molar-refractivity contribution in [2.75, 3.05) is 25.0 Å². The second-order valence-electron chi connectivity index (χ2n) is 14.7. The van der Waals surface area contributed by atoms with Gasteiger partial charge in [-0.15, -0.1) is 0 Å². The number of amides is 2. The van der Waals surface area contributed by atoms with Crippen molar-refractivity contribution in [3.05, 3.63) is 166 Å². The van der Waals surface area contributed by atoms with Gasteiger partial charge in [-0.25, -0.2) is 4.79 Å². The highest BCUT2D eigenvalue weighted by atomic mass is 16.6. The van der Waals surface area contributed by atoms with Crippen LogP contribution in [0.3, 0.4) is 0 Å². The summed E-state index contributed by atoms with van der Waals surface area (Å²) in [6.07, 6.45) is 6.53. The Bertz CT molecular complexity index is 2040. The van der Waals surface area contributed by atoms with Crippen molar-refractivity contribution < 1.29 is 23.9 Å². The Hall–Kier alpha value is -5.91. The average molecular weight is 768 g/mol. The van der Waals surface area contributed by atoms with Gasteiger partial charge in [0.25, 0.3) is 5.91 Å². The topological polar surface area (TPSA) is 132 Å². The highest BCUT2D eigenvalue weighted by Crippen LogP contribution is 2.44. The normalized spacial score (nSPS) is 17.9. The van der Waals surface area contributed by atoms with E-state index in [4.69, 9.17) is 9.47 Å². The van der Waals surface area contributed by atoms with Gasteiger partial charge in [0.05, 0.1) is 12.0 Å². The molecule has 294 valence electrons. The molecule has 1 saturated heterocycles. The summed E-state index contributed by atoms with van der Waals surface area (Å²) in [5.74, 6) is -0.922. The molecule has 11 nitrogen and oxygen atoms in total. The Balaban J connectivity index is 1.18. The highest BCUT2D eigenvalue weighted by Gasteiger charge is 2.46. The molecule has 4 aromatic carbocycles. The quantitative estimate of drug-likeness (QED) is 0.0756. The maximum Gasteiger partial charge on any atom is 0.351 e. The molecule has 57 heavy (non-hydrogen) atoms. The van der Waals surface area contributed by atoms with Crippen molar-refractivity contribution in [3.63, 3.8) is 0 Å². The van der Waals surface area contributed by atoms with E-state index in [0.29, 0.717) is 12.1 Å². The Morgan fingerprint density at radius 2 is 1.28 bits per heavy atom. The second-order valence-corrected chi connectivity index (χ2v) is 14.7. The minimum Gasteiger partial charge on any atom is -0.463 e. The molecule has 2 atom stereocenters. The zero-order valence-electron chi connectivity index (χ0n) is 32.0. The zero-order chi connectivity index (χ0) is 39.5. The first-order valence-corrected chi connectivity index (χ1v) is 19.9. The lowest BCUT2D eigenvalue weighted by Gasteiger charge is -2.50. The van der Waals surface area contributed by atoms with E-state index < -0.39 is 29.5 Å². The summed E-state index contributed by atoms with van der Waals surface area (Å²) in [5, 5.41) is 5.81. The van der Waals surface area contributed by atoms with Crippen molar-refractivity contribution in [2.24, 2.45) is 0 Å². The smallest absolute Gasteiger partial charge is 0.351 e. The number of carbonyl (C=O) groups is 3. The van der Waals surface area contributed by atoms with Crippen LogP contribution in [-0.2, 0) is 24.6 Å². The van der Waals surface area contributed by atoms with Crippen LogP contribution in [0.1, 0.15) is 84.6 Å². The van der Waals surface area contributed by atoms with E-state index >= 15 is 0 Å². The molecule has 1 saturated carbocycles. The van der Waals surface area contributed by atoms with E-state index in [1.807, 2.05) is 60.7 Å². The Morgan fingerprint density at radius 1 is 0.719 bits per heavy atom. The van der Waals surface area contributed by atoms with Crippen LogP contribution < -0.4 is 16.3 Å². The van der Waals surface area contributed by atoms with E-state index in [0.717, 1.165) is 42.4 Å². The van der Waals surface area contributed by atoms with E-state index in [9.17, 15) is 19.2 Å². The second kappa shape index (κ2) is 18.8. The van der Waals surface area contributed by atoms with Crippen molar-refractivity contribution in [1.82, 2.24) is 19.8 Å². The number of nitrogens with zero attached hydrogens (tertiary/aromatic N) is 3. The maximum atomic E-state index is 13.8. The molecule has 11 heteroatoms. The minimum absolute atomic E-state index is 0.0446. The molecule has 0 bridgehead atoms. The zero-order valence-corrected chi connectivity index (χ0v) is 32.0. The Morgan fingerprint density at radius 3 is 1.84 bits per heavy atom. The van der Waals surface area contributed by atoms with Crippen LogP contribution in [0.5, 0.6) is 0 Å². The summed E-state index contributed by atoms with van der Waals surface area (Å²) in [7, 11) is 0. The van der Waals surface area contributed by atoms with E-state index in [2.05, 4.69) is 56.9 Å². The molecule has 0 spiro atoms. The van der Waals surface area contributed by atoms with Crippen molar-refractivity contribution >= 4 is 23.6 Å². The van der Waals surface area contributed by atoms with Crippen molar-refractivity contribution in [3.8, 4) is 0 Å². The van der Waals surface area contributed by atoms with Crippen LogP contribution in [0.4, 0.5) is 5.82 Å². The number of benzene rings is 4. The number of nitrogens with one attached hydrogen (secondary N) is 2.